The standard InChI is InChI=1S/C17H23N5O/c1-12-8-13(2)10-15(9-12)21(3)17(23)16-11-22(20-19-16)14-4-6-18-7-5-14/h8-11,14,18H,4-7H2,1-3H3. The third-order valence-corrected chi connectivity index (χ3v) is 4.31. The molecule has 2 heterocycles. The summed E-state index contributed by atoms with van der Waals surface area (Å²) in [6.07, 6.45) is 3.81. The van der Waals surface area contributed by atoms with E-state index in [1.807, 2.05) is 30.7 Å². The van der Waals surface area contributed by atoms with Crippen molar-refractivity contribution in [3.8, 4) is 0 Å². The zero-order chi connectivity index (χ0) is 16.4. The maximum atomic E-state index is 12.7. The lowest BCUT2D eigenvalue weighted by Crippen LogP contribution is -2.29. The Hall–Kier alpha value is -2.21. The number of nitrogens with one attached hydrogen (secondary N) is 1. The zero-order valence-electron chi connectivity index (χ0n) is 13.9. The Morgan fingerprint density at radius 1 is 1.22 bits per heavy atom. The highest BCUT2D eigenvalue weighted by atomic mass is 16.2. The van der Waals surface area contributed by atoms with E-state index >= 15 is 0 Å². The van der Waals surface area contributed by atoms with E-state index < -0.39 is 0 Å². The predicted octanol–water partition coefficient (Wildman–Crippen LogP) is 2.10. The maximum Gasteiger partial charge on any atom is 0.280 e. The molecule has 1 aromatic heterocycles. The fourth-order valence-corrected chi connectivity index (χ4v) is 3.06. The number of piperidine rings is 1. The van der Waals surface area contributed by atoms with Crippen LogP contribution in [0.1, 0.15) is 40.5 Å². The molecule has 0 unspecified atom stereocenters. The first-order valence-corrected chi connectivity index (χ1v) is 8.03. The SMILES string of the molecule is Cc1cc(C)cc(N(C)C(=O)c2cn(C3CCNCC3)nn2)c1. The quantitative estimate of drug-likeness (QED) is 0.942. The first kappa shape index (κ1) is 15.7. The molecule has 1 aliphatic heterocycles. The van der Waals surface area contributed by atoms with Crippen LogP contribution >= 0.6 is 0 Å². The molecule has 3 rings (SSSR count). The maximum absolute atomic E-state index is 12.7. The molecule has 1 aromatic carbocycles. The number of aryl methyl sites for hydroxylation is 2. The van der Waals surface area contributed by atoms with Crippen LogP contribution in [-0.4, -0.2) is 41.0 Å². The Kier molecular flexibility index (Phi) is 4.43. The van der Waals surface area contributed by atoms with E-state index in [9.17, 15) is 4.79 Å². The van der Waals surface area contributed by atoms with Crippen LogP contribution < -0.4 is 10.2 Å². The first-order chi connectivity index (χ1) is 11.0. The van der Waals surface area contributed by atoms with Gasteiger partial charge in [0.25, 0.3) is 5.91 Å². The molecule has 0 spiro atoms. The lowest BCUT2D eigenvalue weighted by atomic mass is 10.1. The van der Waals surface area contributed by atoms with Gasteiger partial charge in [-0.05, 0) is 63.0 Å². The fraction of sp³-hybridized carbons (Fsp3) is 0.471. The Morgan fingerprint density at radius 2 is 1.87 bits per heavy atom. The highest BCUT2D eigenvalue weighted by molar-refractivity contribution is 6.04. The molecule has 0 radical (unpaired) electrons. The largest absolute Gasteiger partial charge is 0.317 e. The van der Waals surface area contributed by atoms with Crippen LogP contribution in [0.3, 0.4) is 0 Å². The average Bonchev–Trinajstić information content (AvgIpc) is 3.03. The summed E-state index contributed by atoms with van der Waals surface area (Å²) in [4.78, 5) is 14.3. The van der Waals surface area contributed by atoms with E-state index in [0.717, 1.165) is 42.7 Å². The van der Waals surface area contributed by atoms with Crippen LogP contribution in [0.25, 0.3) is 0 Å². The van der Waals surface area contributed by atoms with Gasteiger partial charge in [-0.2, -0.15) is 0 Å². The molecule has 2 aromatic rings. The number of carbonyl (C=O) groups excluding carboxylic acids is 1. The van der Waals surface area contributed by atoms with E-state index in [2.05, 4.69) is 21.7 Å². The smallest absolute Gasteiger partial charge is 0.280 e. The summed E-state index contributed by atoms with van der Waals surface area (Å²) in [6, 6.07) is 6.43. The van der Waals surface area contributed by atoms with Crippen molar-refractivity contribution in [3.63, 3.8) is 0 Å². The van der Waals surface area contributed by atoms with Crippen LogP contribution in [0.2, 0.25) is 0 Å². The summed E-state index contributed by atoms with van der Waals surface area (Å²) in [6.45, 7) is 6.02. The highest BCUT2D eigenvalue weighted by Crippen LogP contribution is 2.20. The summed E-state index contributed by atoms with van der Waals surface area (Å²) >= 11 is 0. The van der Waals surface area contributed by atoms with Crippen molar-refractivity contribution in [2.75, 3.05) is 25.0 Å². The third kappa shape index (κ3) is 3.42. The number of nitrogens with zero attached hydrogens (tertiary/aromatic N) is 4. The van der Waals surface area contributed by atoms with Crippen LogP contribution in [0, 0.1) is 13.8 Å². The average molecular weight is 313 g/mol. The number of carbonyl (C=O) groups is 1. The second-order valence-corrected chi connectivity index (χ2v) is 6.28. The van der Waals surface area contributed by atoms with Crippen molar-refractivity contribution in [3.05, 3.63) is 41.2 Å². The van der Waals surface area contributed by atoms with Gasteiger partial charge < -0.3 is 10.2 Å². The van der Waals surface area contributed by atoms with Crippen molar-refractivity contribution < 1.29 is 4.79 Å². The Bertz CT molecular complexity index is 683. The van der Waals surface area contributed by atoms with Gasteiger partial charge in [-0.1, -0.05) is 11.3 Å². The Morgan fingerprint density at radius 3 is 2.52 bits per heavy atom. The van der Waals surface area contributed by atoms with Gasteiger partial charge in [0.15, 0.2) is 5.69 Å². The molecule has 1 fully saturated rings. The number of amides is 1. The van der Waals surface area contributed by atoms with E-state index in [4.69, 9.17) is 0 Å². The van der Waals surface area contributed by atoms with Gasteiger partial charge in [0, 0.05) is 12.7 Å². The Balaban J connectivity index is 1.78. The molecule has 0 bridgehead atoms. The van der Waals surface area contributed by atoms with Crippen molar-refractivity contribution in [1.82, 2.24) is 20.3 Å². The van der Waals surface area contributed by atoms with E-state index in [0.29, 0.717) is 11.7 Å². The molecule has 1 amide bonds. The summed E-state index contributed by atoms with van der Waals surface area (Å²) in [5.41, 5.74) is 3.55. The van der Waals surface area contributed by atoms with Crippen molar-refractivity contribution in [2.24, 2.45) is 0 Å². The summed E-state index contributed by atoms with van der Waals surface area (Å²) < 4.78 is 1.84. The van der Waals surface area contributed by atoms with Gasteiger partial charge in [-0.25, -0.2) is 4.68 Å². The molecule has 1 aliphatic rings. The van der Waals surface area contributed by atoms with Gasteiger partial charge in [0.1, 0.15) is 0 Å². The van der Waals surface area contributed by atoms with Gasteiger partial charge in [0.05, 0.1) is 12.2 Å². The van der Waals surface area contributed by atoms with Crippen LogP contribution in [-0.2, 0) is 0 Å². The molecule has 1 N–H and O–H groups in total. The van der Waals surface area contributed by atoms with Crippen LogP contribution in [0.5, 0.6) is 0 Å². The molecule has 0 saturated carbocycles. The van der Waals surface area contributed by atoms with Crippen molar-refractivity contribution >= 4 is 11.6 Å². The Labute approximate surface area is 136 Å². The minimum atomic E-state index is -0.129. The zero-order valence-corrected chi connectivity index (χ0v) is 13.9. The normalized spacial score (nSPS) is 15.6. The minimum Gasteiger partial charge on any atom is -0.317 e. The van der Waals surface area contributed by atoms with E-state index in [1.165, 1.54) is 0 Å². The molecule has 1 saturated heterocycles. The van der Waals surface area contributed by atoms with Gasteiger partial charge in [-0.3, -0.25) is 4.79 Å². The van der Waals surface area contributed by atoms with Crippen molar-refractivity contribution in [2.45, 2.75) is 32.7 Å². The molecule has 0 atom stereocenters. The third-order valence-electron chi connectivity index (χ3n) is 4.31. The lowest BCUT2D eigenvalue weighted by Gasteiger charge is -2.22. The first-order valence-electron chi connectivity index (χ1n) is 8.03. The monoisotopic (exact) mass is 313 g/mol. The number of benzene rings is 1. The van der Waals surface area contributed by atoms with Gasteiger partial charge >= 0.3 is 0 Å². The molecule has 0 aliphatic carbocycles. The highest BCUT2D eigenvalue weighted by Gasteiger charge is 2.21. The number of aromatic nitrogens is 3. The van der Waals surface area contributed by atoms with E-state index in [-0.39, 0.29) is 5.91 Å². The van der Waals surface area contributed by atoms with Crippen LogP contribution in [0.15, 0.2) is 24.4 Å². The van der Waals surface area contributed by atoms with Gasteiger partial charge in [-0.15, -0.1) is 5.10 Å². The molecular weight excluding hydrogens is 290 g/mol. The fourth-order valence-electron chi connectivity index (χ4n) is 3.06. The number of rotatable bonds is 3. The number of hydrogen-bond acceptors (Lipinski definition) is 4. The second-order valence-electron chi connectivity index (χ2n) is 6.28. The van der Waals surface area contributed by atoms with Gasteiger partial charge in [0.2, 0.25) is 0 Å². The summed E-state index contributed by atoms with van der Waals surface area (Å²) in [5, 5.41) is 11.6. The summed E-state index contributed by atoms with van der Waals surface area (Å²) in [5.74, 6) is -0.129. The number of anilines is 1. The van der Waals surface area contributed by atoms with Crippen LogP contribution in [0.4, 0.5) is 5.69 Å². The molecule has 6 heteroatoms. The predicted molar refractivity (Wildman–Crippen MR) is 89.8 cm³/mol. The lowest BCUT2D eigenvalue weighted by molar-refractivity contribution is 0.0988. The second kappa shape index (κ2) is 6.50. The topological polar surface area (TPSA) is 63.1 Å². The molecule has 122 valence electrons. The molecule has 6 nitrogen and oxygen atoms in total. The summed E-state index contributed by atoms with van der Waals surface area (Å²) in [7, 11) is 1.78. The minimum absolute atomic E-state index is 0.129. The molecule has 23 heavy (non-hydrogen) atoms. The van der Waals surface area contributed by atoms with Crippen molar-refractivity contribution in [1.29, 1.82) is 0 Å². The van der Waals surface area contributed by atoms with E-state index in [1.54, 1.807) is 18.1 Å². The number of hydrogen-bond donors (Lipinski definition) is 1. The molecular formula is C17H23N5O.